The Morgan fingerprint density at radius 1 is 1.04 bits per heavy atom. The summed E-state index contributed by atoms with van der Waals surface area (Å²) >= 11 is 6.09. The van der Waals surface area contributed by atoms with Crippen LogP contribution in [-0.4, -0.2) is 43.0 Å². The van der Waals surface area contributed by atoms with Gasteiger partial charge in [-0.2, -0.15) is 0 Å². The number of nitrogens with one attached hydrogen (secondary N) is 2. The minimum Gasteiger partial charge on any atom is -0.368 e. The molecule has 0 saturated carbocycles. The molecule has 142 valence electrons. The van der Waals surface area contributed by atoms with Gasteiger partial charge < -0.3 is 9.80 Å². The van der Waals surface area contributed by atoms with Gasteiger partial charge in [0, 0.05) is 42.9 Å². The summed E-state index contributed by atoms with van der Waals surface area (Å²) in [4.78, 5) is 17.2. The molecular weight excluding hydrogens is 360 g/mol. The van der Waals surface area contributed by atoms with Crippen LogP contribution >= 0.6 is 11.6 Å². The van der Waals surface area contributed by atoms with E-state index in [1.165, 1.54) is 11.3 Å². The van der Waals surface area contributed by atoms with Crippen molar-refractivity contribution >= 4 is 23.2 Å². The average molecular weight is 385 g/mol. The number of hydrogen-bond donors (Lipinski definition) is 2. The molecule has 2 aliphatic rings. The Morgan fingerprint density at radius 2 is 1.78 bits per heavy atom. The zero-order valence-electron chi connectivity index (χ0n) is 15.5. The normalized spacial score (nSPS) is 22.9. The topological polar surface area (TPSA) is 47.6 Å². The van der Waals surface area contributed by atoms with Gasteiger partial charge in [-0.3, -0.25) is 4.79 Å². The van der Waals surface area contributed by atoms with Gasteiger partial charge in [0.25, 0.3) is 0 Å². The minimum atomic E-state index is -0.195. The molecule has 0 aliphatic carbocycles. The van der Waals surface area contributed by atoms with Gasteiger partial charge in [-0.05, 0) is 43.2 Å². The lowest BCUT2D eigenvalue weighted by Crippen LogP contribution is -2.53. The molecular formula is C21H25ClN4O. The number of hydrogen-bond acceptors (Lipinski definition) is 4. The van der Waals surface area contributed by atoms with E-state index >= 15 is 0 Å². The number of benzene rings is 2. The molecule has 2 heterocycles. The Labute approximate surface area is 165 Å². The van der Waals surface area contributed by atoms with Crippen molar-refractivity contribution in [1.82, 2.24) is 15.8 Å². The smallest absolute Gasteiger partial charge is 0.241 e. The number of piperazine rings is 1. The highest BCUT2D eigenvalue weighted by Gasteiger charge is 2.34. The summed E-state index contributed by atoms with van der Waals surface area (Å²) in [6.45, 7) is 5.35. The fourth-order valence-corrected chi connectivity index (χ4v) is 4.02. The van der Waals surface area contributed by atoms with E-state index in [2.05, 4.69) is 46.9 Å². The minimum absolute atomic E-state index is 0.103. The molecule has 6 heteroatoms. The van der Waals surface area contributed by atoms with Crippen LogP contribution in [0.15, 0.2) is 48.5 Å². The third-order valence-corrected chi connectivity index (χ3v) is 5.68. The van der Waals surface area contributed by atoms with Crippen molar-refractivity contribution in [3.05, 3.63) is 64.7 Å². The number of anilines is 1. The number of halogens is 1. The van der Waals surface area contributed by atoms with E-state index in [1.807, 2.05) is 29.2 Å². The predicted molar refractivity (Wildman–Crippen MR) is 109 cm³/mol. The van der Waals surface area contributed by atoms with E-state index < -0.39 is 0 Å². The summed E-state index contributed by atoms with van der Waals surface area (Å²) in [5.41, 5.74) is 10.0. The standard InChI is InChI=1S/C21H25ClN4O/c1-15-5-7-18(8-6-15)25-9-11-26(12-10-25)21(27)20-14-19(23-24-20)16-3-2-4-17(22)13-16/h2-8,13,19-20,23-24H,9-12,14H2,1H3. The Morgan fingerprint density at radius 3 is 2.48 bits per heavy atom. The second-order valence-electron chi connectivity index (χ2n) is 7.33. The van der Waals surface area contributed by atoms with Crippen molar-refractivity contribution in [2.24, 2.45) is 0 Å². The summed E-state index contributed by atoms with van der Waals surface area (Å²) in [5.74, 6) is 0.176. The summed E-state index contributed by atoms with van der Waals surface area (Å²) in [7, 11) is 0. The molecule has 2 fully saturated rings. The average Bonchev–Trinajstić information content (AvgIpc) is 3.18. The van der Waals surface area contributed by atoms with Crippen molar-refractivity contribution in [2.75, 3.05) is 31.1 Å². The summed E-state index contributed by atoms with van der Waals surface area (Å²) in [6, 6.07) is 16.3. The first kappa shape index (κ1) is 18.3. The van der Waals surface area contributed by atoms with E-state index in [-0.39, 0.29) is 18.0 Å². The Balaban J connectivity index is 1.32. The first-order valence-corrected chi connectivity index (χ1v) is 9.85. The van der Waals surface area contributed by atoms with Crippen molar-refractivity contribution in [3.63, 3.8) is 0 Å². The predicted octanol–water partition coefficient (Wildman–Crippen LogP) is 2.90. The van der Waals surface area contributed by atoms with Gasteiger partial charge in [0.15, 0.2) is 0 Å². The van der Waals surface area contributed by atoms with Crippen LogP contribution in [0.25, 0.3) is 0 Å². The molecule has 0 spiro atoms. The molecule has 4 rings (SSSR count). The highest BCUT2D eigenvalue weighted by molar-refractivity contribution is 6.30. The maximum Gasteiger partial charge on any atom is 0.241 e. The highest BCUT2D eigenvalue weighted by atomic mass is 35.5. The van der Waals surface area contributed by atoms with Gasteiger partial charge in [0.2, 0.25) is 5.91 Å². The maximum atomic E-state index is 12.9. The summed E-state index contributed by atoms with van der Waals surface area (Å²) in [5, 5.41) is 0.719. The molecule has 2 atom stereocenters. The van der Waals surface area contributed by atoms with E-state index in [9.17, 15) is 4.79 Å². The largest absolute Gasteiger partial charge is 0.368 e. The Bertz CT molecular complexity index is 802. The molecule has 0 radical (unpaired) electrons. The number of nitrogens with zero attached hydrogens (tertiary/aromatic N) is 2. The molecule has 2 unspecified atom stereocenters. The van der Waals surface area contributed by atoms with Gasteiger partial charge in [0.1, 0.15) is 6.04 Å². The van der Waals surface area contributed by atoms with Crippen LogP contribution in [0.3, 0.4) is 0 Å². The van der Waals surface area contributed by atoms with Crippen LogP contribution in [0.5, 0.6) is 0 Å². The molecule has 2 saturated heterocycles. The zero-order valence-corrected chi connectivity index (χ0v) is 16.2. The van der Waals surface area contributed by atoms with Crippen molar-refractivity contribution in [2.45, 2.75) is 25.4 Å². The number of carbonyl (C=O) groups excluding carboxylic acids is 1. The Kier molecular flexibility index (Phi) is 5.34. The highest BCUT2D eigenvalue weighted by Crippen LogP contribution is 2.26. The summed E-state index contributed by atoms with van der Waals surface area (Å²) < 4.78 is 0. The van der Waals surface area contributed by atoms with Gasteiger partial charge in [-0.25, -0.2) is 10.9 Å². The van der Waals surface area contributed by atoms with E-state index in [4.69, 9.17) is 11.6 Å². The summed E-state index contributed by atoms with van der Waals surface area (Å²) in [6.07, 6.45) is 0.733. The van der Waals surface area contributed by atoms with Crippen LogP contribution in [0, 0.1) is 6.92 Å². The van der Waals surface area contributed by atoms with Crippen LogP contribution in [0.4, 0.5) is 5.69 Å². The van der Waals surface area contributed by atoms with Crippen molar-refractivity contribution in [3.8, 4) is 0 Å². The third-order valence-electron chi connectivity index (χ3n) is 5.44. The van der Waals surface area contributed by atoms with Crippen LogP contribution in [0.2, 0.25) is 5.02 Å². The second kappa shape index (κ2) is 7.89. The van der Waals surface area contributed by atoms with E-state index in [1.54, 1.807) is 0 Å². The lowest BCUT2D eigenvalue weighted by Gasteiger charge is -2.37. The number of rotatable bonds is 3. The molecule has 2 aromatic carbocycles. The monoisotopic (exact) mass is 384 g/mol. The SMILES string of the molecule is Cc1ccc(N2CCN(C(=O)C3CC(c4cccc(Cl)c4)NN3)CC2)cc1. The van der Waals surface area contributed by atoms with Crippen LogP contribution in [0.1, 0.15) is 23.6 Å². The number of carbonyl (C=O) groups is 1. The molecule has 0 aromatic heterocycles. The molecule has 27 heavy (non-hydrogen) atoms. The third kappa shape index (κ3) is 4.10. The maximum absolute atomic E-state index is 12.9. The Hall–Kier alpha value is -2.08. The first-order valence-electron chi connectivity index (χ1n) is 9.47. The van der Waals surface area contributed by atoms with Crippen LogP contribution in [-0.2, 0) is 4.79 Å². The first-order chi connectivity index (χ1) is 13.1. The van der Waals surface area contributed by atoms with Gasteiger partial charge in [-0.15, -0.1) is 0 Å². The van der Waals surface area contributed by atoms with Crippen molar-refractivity contribution < 1.29 is 4.79 Å². The second-order valence-corrected chi connectivity index (χ2v) is 7.77. The van der Waals surface area contributed by atoms with Gasteiger partial charge in [-0.1, -0.05) is 41.4 Å². The van der Waals surface area contributed by atoms with Crippen LogP contribution < -0.4 is 15.8 Å². The zero-order chi connectivity index (χ0) is 18.8. The molecule has 5 nitrogen and oxygen atoms in total. The van der Waals surface area contributed by atoms with E-state index in [0.717, 1.165) is 43.2 Å². The fraction of sp³-hybridized carbons (Fsp3) is 0.381. The molecule has 2 aromatic rings. The molecule has 2 aliphatic heterocycles. The van der Waals surface area contributed by atoms with Crippen molar-refractivity contribution in [1.29, 1.82) is 0 Å². The number of amides is 1. The quantitative estimate of drug-likeness (QED) is 0.854. The van der Waals surface area contributed by atoms with Gasteiger partial charge in [0.05, 0.1) is 0 Å². The van der Waals surface area contributed by atoms with Gasteiger partial charge >= 0.3 is 0 Å². The number of hydrazine groups is 1. The number of aryl methyl sites for hydroxylation is 1. The van der Waals surface area contributed by atoms with E-state index in [0.29, 0.717) is 0 Å². The molecule has 1 amide bonds. The fourth-order valence-electron chi connectivity index (χ4n) is 3.82. The lowest BCUT2D eigenvalue weighted by molar-refractivity contribution is -0.133. The molecule has 2 N–H and O–H groups in total. The lowest BCUT2D eigenvalue weighted by atomic mass is 10.0. The molecule has 0 bridgehead atoms.